The van der Waals surface area contributed by atoms with Gasteiger partial charge in [-0.15, -0.1) is 6.58 Å². The average Bonchev–Trinajstić information content (AvgIpc) is 3.01. The topological polar surface area (TPSA) is 46.6 Å². The molecule has 1 fully saturated rings. The first kappa shape index (κ1) is 26.5. The van der Waals surface area contributed by atoms with Gasteiger partial charge in [0.25, 0.3) is 0 Å². The first-order chi connectivity index (χ1) is 19.1. The molecule has 1 amide bonds. The van der Waals surface area contributed by atoms with Crippen molar-refractivity contribution in [3.8, 4) is 0 Å². The summed E-state index contributed by atoms with van der Waals surface area (Å²) in [4.78, 5) is 29.9. The van der Waals surface area contributed by atoms with Gasteiger partial charge >= 0.3 is 5.97 Å². The molecule has 0 aromatic heterocycles. The number of nitrogens with zero attached hydrogens (tertiary/aromatic N) is 1. The molecule has 196 valence electrons. The molecule has 0 spiro atoms. The predicted octanol–water partition coefficient (Wildman–Crippen LogP) is 5.28. The smallest absolute Gasteiger partial charge is 0.356 e. The van der Waals surface area contributed by atoms with Gasteiger partial charge in [-0.25, -0.2) is 4.79 Å². The number of β-lactam (4-membered cyclic amide) rings is 1. The molecule has 2 atom stereocenters. The summed E-state index contributed by atoms with van der Waals surface area (Å²) in [5.41, 5.74) is 1.30. The fourth-order valence-corrected chi connectivity index (χ4v) is 9.78. The van der Waals surface area contributed by atoms with E-state index in [1.165, 1.54) is 0 Å². The maximum Gasteiger partial charge on any atom is 0.356 e. The number of hydrogen-bond acceptors (Lipinski definition) is 3. The Hall–Kier alpha value is -4.14. The minimum absolute atomic E-state index is 0.0688. The van der Waals surface area contributed by atoms with Gasteiger partial charge in [-0.2, -0.15) is 0 Å². The summed E-state index contributed by atoms with van der Waals surface area (Å²) in [5.74, 6) is -0.761. The standard InChI is InChI=1S/C34H32NO3P/c1-3-16-31-26(2)32(36)35(31)33(34(37)38-25-27-17-8-4-9-18-27)39(28-19-10-5-11-20-28,29-21-12-6-13-22-29)30-23-14-7-15-24-30/h3-15,17-24,26,31H,1,16,25H2,2H3/t26?,31-/m0/s1. The van der Waals surface area contributed by atoms with Crippen LogP contribution in [0.5, 0.6) is 0 Å². The highest BCUT2D eigenvalue weighted by Gasteiger charge is 2.51. The summed E-state index contributed by atoms with van der Waals surface area (Å²) >= 11 is 0. The lowest BCUT2D eigenvalue weighted by Gasteiger charge is -2.48. The fraction of sp³-hybridized carbons (Fsp3) is 0.147. The number of rotatable bonds is 9. The Kier molecular flexibility index (Phi) is 7.95. The zero-order chi connectivity index (χ0) is 27.2. The summed E-state index contributed by atoms with van der Waals surface area (Å²) in [6.07, 6.45) is 2.40. The van der Waals surface area contributed by atoms with E-state index in [1.54, 1.807) is 4.90 Å². The minimum Gasteiger partial charge on any atom is -0.456 e. The molecule has 0 saturated carbocycles. The van der Waals surface area contributed by atoms with E-state index in [0.29, 0.717) is 11.8 Å². The van der Waals surface area contributed by atoms with Crippen LogP contribution in [0, 0.1) is 5.92 Å². The van der Waals surface area contributed by atoms with Gasteiger partial charge < -0.3 is 9.64 Å². The molecule has 39 heavy (non-hydrogen) atoms. The summed E-state index contributed by atoms with van der Waals surface area (Å²) in [6, 6.07) is 39.7. The van der Waals surface area contributed by atoms with Crippen LogP contribution in [0.4, 0.5) is 0 Å². The van der Waals surface area contributed by atoms with Gasteiger partial charge in [-0.1, -0.05) is 134 Å². The third-order valence-electron chi connectivity index (χ3n) is 7.32. The largest absolute Gasteiger partial charge is 0.456 e. The minimum atomic E-state index is -2.87. The van der Waals surface area contributed by atoms with E-state index in [0.717, 1.165) is 21.5 Å². The van der Waals surface area contributed by atoms with Crippen molar-refractivity contribution >= 4 is 40.1 Å². The number of carbonyl (C=O) groups excluding carboxylic acids is 2. The summed E-state index contributed by atoms with van der Waals surface area (Å²) in [6.45, 7) is 3.11. The lowest BCUT2D eigenvalue weighted by molar-refractivity contribution is -0.150. The van der Waals surface area contributed by atoms with Gasteiger partial charge in [0, 0.05) is 6.89 Å². The van der Waals surface area contributed by atoms with E-state index in [9.17, 15) is 9.59 Å². The first-order valence-corrected chi connectivity index (χ1v) is 15.0. The predicted molar refractivity (Wildman–Crippen MR) is 161 cm³/mol. The van der Waals surface area contributed by atoms with Crippen LogP contribution in [0.1, 0.15) is 18.9 Å². The number of benzene rings is 4. The van der Waals surface area contributed by atoms with Crippen molar-refractivity contribution in [2.75, 3.05) is 0 Å². The lowest BCUT2D eigenvalue weighted by Crippen LogP contribution is -2.64. The van der Waals surface area contributed by atoms with Crippen LogP contribution < -0.4 is 15.9 Å². The van der Waals surface area contributed by atoms with Gasteiger partial charge in [0.05, 0.1) is 12.0 Å². The molecule has 4 aromatic rings. The first-order valence-electron chi connectivity index (χ1n) is 13.2. The van der Waals surface area contributed by atoms with Crippen molar-refractivity contribution in [1.29, 1.82) is 0 Å². The van der Waals surface area contributed by atoms with E-state index >= 15 is 0 Å². The van der Waals surface area contributed by atoms with Crippen LogP contribution in [0.3, 0.4) is 0 Å². The second-order valence-electron chi connectivity index (χ2n) is 9.65. The van der Waals surface area contributed by atoms with Crippen molar-refractivity contribution in [3.63, 3.8) is 0 Å². The van der Waals surface area contributed by atoms with Gasteiger partial charge in [0.2, 0.25) is 5.91 Å². The maximum atomic E-state index is 14.5. The van der Waals surface area contributed by atoms with Gasteiger partial charge in [-0.3, -0.25) is 4.79 Å². The second kappa shape index (κ2) is 11.7. The summed E-state index contributed by atoms with van der Waals surface area (Å²) in [7, 11) is 0. The van der Waals surface area contributed by atoms with E-state index in [4.69, 9.17) is 4.74 Å². The molecule has 0 bridgehead atoms. The van der Waals surface area contributed by atoms with E-state index in [-0.39, 0.29) is 24.5 Å². The van der Waals surface area contributed by atoms with Crippen molar-refractivity contribution < 1.29 is 14.3 Å². The summed E-state index contributed by atoms with van der Waals surface area (Å²) < 4.78 is 6.06. The van der Waals surface area contributed by atoms with E-state index in [2.05, 4.69) is 43.0 Å². The van der Waals surface area contributed by atoms with Crippen LogP contribution in [0.15, 0.2) is 134 Å². The quantitative estimate of drug-likeness (QED) is 0.127. The SMILES string of the molecule is C=CC[C@H]1C(C)C(=O)N1C(C(=O)OCc1ccccc1)=P(c1ccccc1)(c1ccccc1)c1ccccc1. The zero-order valence-electron chi connectivity index (χ0n) is 22.0. The molecule has 1 heterocycles. The average molecular weight is 534 g/mol. The molecular formula is C34H32NO3P. The number of likely N-dealkylation sites (tertiary alicyclic amines) is 1. The highest BCUT2D eigenvalue weighted by molar-refractivity contribution is 7.96. The molecule has 5 rings (SSSR count). The highest BCUT2D eigenvalue weighted by atomic mass is 31.2. The lowest BCUT2D eigenvalue weighted by atomic mass is 9.87. The molecule has 4 aromatic carbocycles. The van der Waals surface area contributed by atoms with Crippen molar-refractivity contribution in [1.82, 2.24) is 4.90 Å². The Balaban J connectivity index is 1.87. The summed E-state index contributed by atoms with van der Waals surface area (Å²) in [5, 5.41) is 2.95. The number of amides is 1. The van der Waals surface area contributed by atoms with E-state index < -0.39 is 12.9 Å². The van der Waals surface area contributed by atoms with Crippen LogP contribution in [0.25, 0.3) is 0 Å². The Morgan fingerprint density at radius 2 is 1.23 bits per heavy atom. The van der Waals surface area contributed by atoms with Crippen molar-refractivity contribution in [2.45, 2.75) is 26.0 Å². The Morgan fingerprint density at radius 1 is 0.795 bits per heavy atom. The molecular weight excluding hydrogens is 501 g/mol. The van der Waals surface area contributed by atoms with Crippen LogP contribution in [0.2, 0.25) is 0 Å². The van der Waals surface area contributed by atoms with Crippen molar-refractivity contribution in [2.24, 2.45) is 5.92 Å². The van der Waals surface area contributed by atoms with Crippen molar-refractivity contribution in [3.05, 3.63) is 140 Å². The van der Waals surface area contributed by atoms with Gasteiger partial charge in [0.1, 0.15) is 12.0 Å². The maximum absolute atomic E-state index is 14.5. The Morgan fingerprint density at radius 3 is 1.67 bits per heavy atom. The Labute approximate surface area is 230 Å². The van der Waals surface area contributed by atoms with Gasteiger partial charge in [0.15, 0.2) is 0 Å². The van der Waals surface area contributed by atoms with Crippen LogP contribution in [-0.4, -0.2) is 28.2 Å². The molecule has 0 aliphatic carbocycles. The molecule has 1 unspecified atom stereocenters. The molecule has 1 aliphatic rings. The molecule has 0 N–H and O–H groups in total. The van der Waals surface area contributed by atoms with Crippen LogP contribution >= 0.6 is 6.89 Å². The number of ether oxygens (including phenoxy) is 1. The molecule has 1 aliphatic heterocycles. The third-order valence-corrected chi connectivity index (χ3v) is 11.6. The highest BCUT2D eigenvalue weighted by Crippen LogP contribution is 2.49. The molecule has 4 nitrogen and oxygen atoms in total. The van der Waals surface area contributed by atoms with E-state index in [1.807, 2.05) is 97.9 Å². The zero-order valence-corrected chi connectivity index (χ0v) is 22.9. The normalized spacial score (nSPS) is 16.7. The monoisotopic (exact) mass is 533 g/mol. The number of carbonyl (C=O) groups is 2. The third kappa shape index (κ3) is 4.89. The number of hydrogen-bond donors (Lipinski definition) is 0. The molecule has 5 heteroatoms. The molecule has 0 radical (unpaired) electrons. The fourth-order valence-electron chi connectivity index (χ4n) is 5.38. The van der Waals surface area contributed by atoms with Crippen LogP contribution in [-0.2, 0) is 20.9 Å². The Bertz CT molecular complexity index is 1400. The molecule has 1 saturated heterocycles. The second-order valence-corrected chi connectivity index (χ2v) is 13.0. The van der Waals surface area contributed by atoms with Gasteiger partial charge in [-0.05, 0) is 27.9 Å². The number of esters is 1.